The van der Waals surface area contributed by atoms with Crippen LogP contribution in [0.1, 0.15) is 38.3 Å². The lowest BCUT2D eigenvalue weighted by molar-refractivity contribution is -0.133. The van der Waals surface area contributed by atoms with Crippen molar-refractivity contribution in [1.82, 2.24) is 5.32 Å². The zero-order chi connectivity index (χ0) is 27.1. The van der Waals surface area contributed by atoms with Crippen LogP contribution in [0.2, 0.25) is 0 Å². The Morgan fingerprint density at radius 1 is 1.00 bits per heavy atom. The number of nitrogens with one attached hydrogen (secondary N) is 1. The Kier molecular flexibility index (Phi) is 6.77. The van der Waals surface area contributed by atoms with Gasteiger partial charge in [-0.2, -0.15) is 13.2 Å². The fourth-order valence-corrected chi connectivity index (χ4v) is 4.20. The molecule has 0 unspecified atom stereocenters. The van der Waals surface area contributed by atoms with Crippen molar-refractivity contribution in [1.29, 1.82) is 0 Å². The Labute approximate surface area is 207 Å². The number of furan rings is 1. The van der Waals surface area contributed by atoms with Gasteiger partial charge in [0.15, 0.2) is 0 Å². The number of halogens is 5. The molecule has 5 nitrogen and oxygen atoms in total. The quantitative estimate of drug-likeness (QED) is 0.273. The molecular formula is C27H20F5NO4. The minimum absolute atomic E-state index is 0.0611. The molecule has 10 heteroatoms. The predicted molar refractivity (Wildman–Crippen MR) is 126 cm³/mol. The van der Waals surface area contributed by atoms with E-state index in [9.17, 15) is 36.6 Å². The summed E-state index contributed by atoms with van der Waals surface area (Å²) in [6, 6.07) is 9.99. The first-order chi connectivity index (χ1) is 17.4. The van der Waals surface area contributed by atoms with Gasteiger partial charge in [-0.05, 0) is 84.1 Å². The lowest BCUT2D eigenvalue weighted by Crippen LogP contribution is -2.18. The molecule has 0 saturated heterocycles. The molecule has 0 radical (unpaired) electrons. The van der Waals surface area contributed by atoms with Crippen LogP contribution >= 0.6 is 0 Å². The van der Waals surface area contributed by atoms with Crippen molar-refractivity contribution in [2.24, 2.45) is 0 Å². The molecule has 0 atom stereocenters. The number of aromatic carboxylic acids is 1. The highest BCUT2D eigenvalue weighted by molar-refractivity contribution is 6.12. The molecule has 0 spiro atoms. The first-order valence-corrected chi connectivity index (χ1v) is 11.1. The van der Waals surface area contributed by atoms with Gasteiger partial charge in [0.25, 0.3) is 5.91 Å². The van der Waals surface area contributed by atoms with Crippen LogP contribution in [0.15, 0.2) is 52.9 Å². The molecule has 2 N–H and O–H groups in total. The second-order valence-corrected chi connectivity index (χ2v) is 8.47. The predicted octanol–water partition coefficient (Wildman–Crippen LogP) is 6.91. The van der Waals surface area contributed by atoms with Crippen molar-refractivity contribution in [3.05, 3.63) is 82.4 Å². The molecule has 4 rings (SSSR count). The summed E-state index contributed by atoms with van der Waals surface area (Å²) in [6.07, 6.45) is -6.13. The van der Waals surface area contributed by atoms with Crippen molar-refractivity contribution in [3.8, 4) is 22.5 Å². The van der Waals surface area contributed by atoms with E-state index in [0.29, 0.717) is 11.1 Å². The number of amides is 1. The van der Waals surface area contributed by atoms with E-state index in [1.165, 1.54) is 50.4 Å². The summed E-state index contributed by atoms with van der Waals surface area (Å²) in [4.78, 5) is 24.4. The maximum Gasteiger partial charge on any atom is 0.389 e. The maximum atomic E-state index is 14.3. The SMILES string of the molecule is CNC(=O)c1c(-c2ccc(F)cc2)oc2cc(CCC(F)(F)F)c(-c3cc(C(=O)O)c(F)cc3C)cc12. The van der Waals surface area contributed by atoms with E-state index in [1.807, 2.05) is 0 Å². The number of fused-ring (bicyclic) bond motifs is 1. The third-order valence-electron chi connectivity index (χ3n) is 5.99. The summed E-state index contributed by atoms with van der Waals surface area (Å²) in [6.45, 7) is 1.50. The van der Waals surface area contributed by atoms with Crippen LogP contribution in [0.5, 0.6) is 0 Å². The second kappa shape index (κ2) is 9.68. The van der Waals surface area contributed by atoms with Crippen LogP contribution < -0.4 is 5.32 Å². The van der Waals surface area contributed by atoms with Crippen molar-refractivity contribution in [2.75, 3.05) is 7.05 Å². The number of aryl methyl sites for hydroxylation is 2. The normalized spacial score (nSPS) is 11.6. The van der Waals surface area contributed by atoms with Gasteiger partial charge in [0.05, 0.1) is 11.1 Å². The largest absolute Gasteiger partial charge is 0.478 e. The monoisotopic (exact) mass is 517 g/mol. The number of benzene rings is 3. The Bertz CT molecular complexity index is 1520. The van der Waals surface area contributed by atoms with E-state index in [0.717, 1.165) is 12.1 Å². The smallest absolute Gasteiger partial charge is 0.389 e. The fourth-order valence-electron chi connectivity index (χ4n) is 4.20. The van der Waals surface area contributed by atoms with Crippen LogP contribution in [0.25, 0.3) is 33.4 Å². The second-order valence-electron chi connectivity index (χ2n) is 8.47. The Hall–Kier alpha value is -4.21. The van der Waals surface area contributed by atoms with Crippen LogP contribution in [0, 0.1) is 18.6 Å². The number of carboxylic acids is 1. The average Bonchev–Trinajstić information content (AvgIpc) is 3.20. The summed E-state index contributed by atoms with van der Waals surface area (Å²) in [5.41, 5.74) is 0.744. The lowest BCUT2D eigenvalue weighted by atomic mass is 9.90. The number of carboxylic acid groups (broad SMARTS) is 1. The Morgan fingerprint density at radius 3 is 2.27 bits per heavy atom. The van der Waals surface area contributed by atoms with Crippen LogP contribution in [0.4, 0.5) is 22.0 Å². The van der Waals surface area contributed by atoms with Crippen molar-refractivity contribution >= 4 is 22.8 Å². The summed E-state index contributed by atoms with van der Waals surface area (Å²) >= 11 is 0. The standard InChI is InChI=1S/C27H20F5NO4/c1-13-9-21(29)19(26(35)36)11-17(13)18-12-20-22(10-15(18)7-8-27(30,31)32)37-24(23(20)25(34)33-2)14-3-5-16(28)6-4-14/h3-6,9-12H,7-8H2,1-2H3,(H,33,34)(H,35,36). The van der Waals surface area contributed by atoms with Gasteiger partial charge < -0.3 is 14.8 Å². The van der Waals surface area contributed by atoms with Crippen molar-refractivity contribution in [3.63, 3.8) is 0 Å². The highest BCUT2D eigenvalue weighted by Crippen LogP contribution is 2.40. The highest BCUT2D eigenvalue weighted by Gasteiger charge is 2.29. The van der Waals surface area contributed by atoms with Crippen molar-refractivity contribution < 1.29 is 41.1 Å². The molecule has 3 aromatic carbocycles. The lowest BCUT2D eigenvalue weighted by Gasteiger charge is -2.15. The molecule has 0 fully saturated rings. The zero-order valence-corrected chi connectivity index (χ0v) is 19.6. The molecule has 0 aliphatic carbocycles. The van der Waals surface area contributed by atoms with Gasteiger partial charge in [-0.25, -0.2) is 13.6 Å². The molecule has 1 aromatic heterocycles. The minimum Gasteiger partial charge on any atom is -0.478 e. The van der Waals surface area contributed by atoms with Gasteiger partial charge in [-0.3, -0.25) is 4.79 Å². The highest BCUT2D eigenvalue weighted by atomic mass is 19.4. The van der Waals surface area contributed by atoms with Gasteiger partial charge in [-0.15, -0.1) is 0 Å². The number of hydrogen-bond donors (Lipinski definition) is 2. The van der Waals surface area contributed by atoms with E-state index in [1.54, 1.807) is 0 Å². The average molecular weight is 517 g/mol. The third kappa shape index (κ3) is 5.18. The molecule has 4 aromatic rings. The Morgan fingerprint density at radius 2 is 1.68 bits per heavy atom. The molecule has 0 saturated carbocycles. The topological polar surface area (TPSA) is 79.5 Å². The van der Waals surface area contributed by atoms with E-state index in [-0.39, 0.29) is 39.0 Å². The number of carbonyl (C=O) groups is 2. The molecule has 1 amide bonds. The molecule has 192 valence electrons. The summed E-state index contributed by atoms with van der Waals surface area (Å²) in [7, 11) is 1.39. The first-order valence-electron chi connectivity index (χ1n) is 11.1. The molecule has 0 aliphatic rings. The van der Waals surface area contributed by atoms with Crippen LogP contribution in [-0.4, -0.2) is 30.2 Å². The number of carbonyl (C=O) groups excluding carboxylic acids is 1. The van der Waals surface area contributed by atoms with Gasteiger partial charge >= 0.3 is 12.1 Å². The van der Waals surface area contributed by atoms with E-state index >= 15 is 0 Å². The molecular weight excluding hydrogens is 497 g/mol. The van der Waals surface area contributed by atoms with Gasteiger partial charge in [0.2, 0.25) is 0 Å². The summed E-state index contributed by atoms with van der Waals surface area (Å²) in [5, 5.41) is 12.1. The number of hydrogen-bond acceptors (Lipinski definition) is 3. The number of rotatable bonds is 6. The summed E-state index contributed by atoms with van der Waals surface area (Å²) in [5.74, 6) is -3.52. The number of alkyl halides is 3. The molecule has 0 aliphatic heterocycles. The zero-order valence-electron chi connectivity index (χ0n) is 19.6. The third-order valence-corrected chi connectivity index (χ3v) is 5.99. The minimum atomic E-state index is -4.48. The van der Waals surface area contributed by atoms with E-state index < -0.39 is 48.1 Å². The first kappa shape index (κ1) is 25.9. The van der Waals surface area contributed by atoms with Crippen LogP contribution in [0.3, 0.4) is 0 Å². The molecule has 1 heterocycles. The maximum absolute atomic E-state index is 14.3. The van der Waals surface area contributed by atoms with E-state index in [4.69, 9.17) is 4.42 Å². The van der Waals surface area contributed by atoms with Crippen LogP contribution in [-0.2, 0) is 6.42 Å². The van der Waals surface area contributed by atoms with Gasteiger partial charge in [-0.1, -0.05) is 0 Å². The van der Waals surface area contributed by atoms with Gasteiger partial charge in [0.1, 0.15) is 23.0 Å². The molecule has 0 bridgehead atoms. The fraction of sp³-hybridized carbons (Fsp3) is 0.185. The molecule has 37 heavy (non-hydrogen) atoms. The van der Waals surface area contributed by atoms with Crippen molar-refractivity contribution in [2.45, 2.75) is 25.9 Å². The van der Waals surface area contributed by atoms with Gasteiger partial charge in [0, 0.05) is 24.4 Å². The van der Waals surface area contributed by atoms with E-state index in [2.05, 4.69) is 5.32 Å². The summed E-state index contributed by atoms with van der Waals surface area (Å²) < 4.78 is 73.1. The Balaban J connectivity index is 2.04.